The minimum Gasteiger partial charge on any atom is -0.491 e. The van der Waals surface area contributed by atoms with E-state index in [1.54, 1.807) is 16.8 Å². The number of aromatic nitrogens is 1. The number of nitrogens with zero attached hydrogens (tertiary/aromatic N) is 2. The molecular formula is C23H30N2O4S. The van der Waals surface area contributed by atoms with Gasteiger partial charge in [0.25, 0.3) is 5.91 Å². The van der Waals surface area contributed by atoms with Gasteiger partial charge in [0.05, 0.1) is 34.3 Å². The molecule has 4 rings (SSSR count). The van der Waals surface area contributed by atoms with Gasteiger partial charge in [-0.3, -0.25) is 9.78 Å². The van der Waals surface area contributed by atoms with Crippen molar-refractivity contribution < 1.29 is 19.4 Å². The Hall–Kier alpha value is -1.96. The molecule has 1 spiro atoms. The quantitative estimate of drug-likeness (QED) is 0.790. The van der Waals surface area contributed by atoms with Gasteiger partial charge in [-0.15, -0.1) is 11.3 Å². The van der Waals surface area contributed by atoms with E-state index in [-0.39, 0.29) is 29.8 Å². The highest BCUT2D eigenvalue weighted by Crippen LogP contribution is 2.43. The van der Waals surface area contributed by atoms with E-state index in [1.165, 1.54) is 0 Å². The Bertz CT molecular complexity index is 875. The predicted octanol–water partition coefficient (Wildman–Crippen LogP) is 4.13. The molecule has 30 heavy (non-hydrogen) atoms. The number of amides is 1. The minimum atomic E-state index is -0.385. The highest BCUT2D eigenvalue weighted by atomic mass is 32.1. The van der Waals surface area contributed by atoms with Gasteiger partial charge >= 0.3 is 0 Å². The third kappa shape index (κ3) is 4.53. The molecule has 2 saturated heterocycles. The SMILES string of the molecule is Cc1cc(C(=O)N2CCC3(CC2)C[C@@H](O)C[C@@H](c2cncs2)O3)ccc1OC(C)C. The smallest absolute Gasteiger partial charge is 0.253 e. The van der Waals surface area contributed by atoms with Crippen molar-refractivity contribution in [2.45, 2.75) is 70.4 Å². The summed E-state index contributed by atoms with van der Waals surface area (Å²) < 4.78 is 12.3. The van der Waals surface area contributed by atoms with E-state index in [1.807, 2.05) is 50.1 Å². The van der Waals surface area contributed by atoms with Crippen LogP contribution < -0.4 is 4.74 Å². The van der Waals surface area contributed by atoms with Crippen LogP contribution in [-0.2, 0) is 4.74 Å². The molecule has 0 unspecified atom stereocenters. The first-order valence-corrected chi connectivity index (χ1v) is 11.5. The van der Waals surface area contributed by atoms with Gasteiger partial charge in [-0.1, -0.05) is 0 Å². The summed E-state index contributed by atoms with van der Waals surface area (Å²) in [4.78, 5) is 20.2. The van der Waals surface area contributed by atoms with Gasteiger partial charge in [-0.25, -0.2) is 0 Å². The van der Waals surface area contributed by atoms with Gasteiger partial charge in [0, 0.05) is 37.7 Å². The number of hydrogen-bond donors (Lipinski definition) is 1. The molecule has 7 heteroatoms. The molecule has 1 amide bonds. The van der Waals surface area contributed by atoms with Crippen molar-refractivity contribution in [3.63, 3.8) is 0 Å². The van der Waals surface area contributed by atoms with E-state index in [9.17, 15) is 9.90 Å². The van der Waals surface area contributed by atoms with E-state index in [0.717, 1.165) is 29.0 Å². The van der Waals surface area contributed by atoms with Crippen molar-refractivity contribution in [3.05, 3.63) is 45.9 Å². The Morgan fingerprint density at radius 3 is 2.77 bits per heavy atom. The summed E-state index contributed by atoms with van der Waals surface area (Å²) >= 11 is 1.57. The Morgan fingerprint density at radius 1 is 1.37 bits per heavy atom. The van der Waals surface area contributed by atoms with Crippen molar-refractivity contribution in [3.8, 4) is 5.75 Å². The molecule has 2 aromatic rings. The average Bonchev–Trinajstić information content (AvgIpc) is 3.24. The van der Waals surface area contributed by atoms with Crippen molar-refractivity contribution in [1.29, 1.82) is 0 Å². The van der Waals surface area contributed by atoms with Crippen molar-refractivity contribution >= 4 is 17.2 Å². The molecule has 2 aliphatic heterocycles. The number of hydrogen-bond acceptors (Lipinski definition) is 6. The molecule has 0 bridgehead atoms. The standard InChI is InChI=1S/C23H30N2O4S/c1-15(2)28-19-5-4-17(10-16(19)3)22(27)25-8-6-23(7-9-25)12-18(26)11-20(29-23)21-13-24-14-30-21/h4-5,10,13-15,18,20,26H,6-9,11-12H2,1-3H3/t18-,20-/m0/s1. The van der Waals surface area contributed by atoms with Crippen LogP contribution in [0.4, 0.5) is 0 Å². The molecular weight excluding hydrogens is 400 g/mol. The van der Waals surface area contributed by atoms with Crippen LogP contribution in [0.3, 0.4) is 0 Å². The van der Waals surface area contributed by atoms with Gasteiger partial charge in [-0.2, -0.15) is 0 Å². The zero-order valence-electron chi connectivity index (χ0n) is 17.8. The number of benzene rings is 1. The number of aliphatic hydroxyl groups excluding tert-OH is 1. The monoisotopic (exact) mass is 430 g/mol. The first kappa shape index (κ1) is 21.3. The van der Waals surface area contributed by atoms with Crippen LogP contribution in [0.25, 0.3) is 0 Å². The van der Waals surface area contributed by atoms with Crippen LogP contribution in [0, 0.1) is 6.92 Å². The Balaban J connectivity index is 1.41. The molecule has 2 aliphatic rings. The number of piperidine rings is 1. The van der Waals surface area contributed by atoms with Crippen molar-refractivity contribution in [2.75, 3.05) is 13.1 Å². The fourth-order valence-electron chi connectivity index (χ4n) is 4.51. The Kier molecular flexibility index (Phi) is 6.14. The van der Waals surface area contributed by atoms with Crippen LogP contribution in [0.15, 0.2) is 29.9 Å². The minimum absolute atomic E-state index is 0.0411. The second kappa shape index (κ2) is 8.65. The van der Waals surface area contributed by atoms with Crippen molar-refractivity contribution in [1.82, 2.24) is 9.88 Å². The lowest BCUT2D eigenvalue weighted by atomic mass is 9.81. The van der Waals surface area contributed by atoms with Gasteiger partial charge in [0.15, 0.2) is 0 Å². The highest BCUT2D eigenvalue weighted by Gasteiger charge is 2.44. The molecule has 0 aliphatic carbocycles. The number of carbonyl (C=O) groups excluding carboxylic acids is 1. The summed E-state index contributed by atoms with van der Waals surface area (Å²) in [6, 6.07) is 5.64. The summed E-state index contributed by atoms with van der Waals surface area (Å²) in [5.41, 5.74) is 3.09. The number of ether oxygens (including phenoxy) is 2. The van der Waals surface area contributed by atoms with Crippen LogP contribution >= 0.6 is 11.3 Å². The van der Waals surface area contributed by atoms with Crippen LogP contribution in [0.5, 0.6) is 5.75 Å². The lowest BCUT2D eigenvalue weighted by Gasteiger charge is -2.47. The number of carbonyl (C=O) groups is 1. The lowest BCUT2D eigenvalue weighted by Crippen LogP contribution is -2.52. The second-order valence-corrected chi connectivity index (χ2v) is 9.64. The largest absolute Gasteiger partial charge is 0.491 e. The Labute approximate surface area is 181 Å². The van der Waals surface area contributed by atoms with E-state index in [2.05, 4.69) is 4.98 Å². The first-order chi connectivity index (χ1) is 14.3. The molecule has 162 valence electrons. The number of thiazole rings is 1. The number of likely N-dealkylation sites (tertiary alicyclic amines) is 1. The van der Waals surface area contributed by atoms with Crippen LogP contribution in [0.2, 0.25) is 0 Å². The molecule has 2 fully saturated rings. The third-order valence-corrected chi connectivity index (χ3v) is 6.87. The molecule has 0 radical (unpaired) electrons. The van der Waals surface area contributed by atoms with Crippen molar-refractivity contribution in [2.24, 2.45) is 0 Å². The summed E-state index contributed by atoms with van der Waals surface area (Å²) in [5, 5.41) is 10.5. The molecule has 0 saturated carbocycles. The Morgan fingerprint density at radius 2 is 2.13 bits per heavy atom. The van der Waals surface area contributed by atoms with Gasteiger partial charge in [-0.05, 0) is 57.4 Å². The predicted molar refractivity (Wildman–Crippen MR) is 116 cm³/mol. The number of aliphatic hydroxyl groups is 1. The molecule has 1 aromatic heterocycles. The maximum atomic E-state index is 13.1. The van der Waals surface area contributed by atoms with E-state index >= 15 is 0 Å². The first-order valence-electron chi connectivity index (χ1n) is 10.7. The molecule has 3 heterocycles. The van der Waals surface area contributed by atoms with E-state index < -0.39 is 0 Å². The fourth-order valence-corrected chi connectivity index (χ4v) is 5.17. The van der Waals surface area contributed by atoms with Gasteiger partial charge < -0.3 is 19.5 Å². The average molecular weight is 431 g/mol. The number of rotatable bonds is 4. The zero-order chi connectivity index (χ0) is 21.3. The fraction of sp³-hybridized carbons (Fsp3) is 0.565. The van der Waals surface area contributed by atoms with Crippen LogP contribution in [-0.4, -0.2) is 51.8 Å². The second-order valence-electron chi connectivity index (χ2n) is 8.73. The topological polar surface area (TPSA) is 71.9 Å². The molecule has 1 aromatic carbocycles. The van der Waals surface area contributed by atoms with E-state index in [0.29, 0.717) is 31.5 Å². The maximum absolute atomic E-state index is 13.1. The molecule has 1 N–H and O–H groups in total. The molecule has 6 nitrogen and oxygen atoms in total. The summed E-state index contributed by atoms with van der Waals surface area (Å²) in [7, 11) is 0. The van der Waals surface area contributed by atoms with Crippen LogP contribution in [0.1, 0.15) is 66.4 Å². The lowest BCUT2D eigenvalue weighted by molar-refractivity contribution is -0.180. The van der Waals surface area contributed by atoms with Gasteiger partial charge in [0.1, 0.15) is 5.75 Å². The summed E-state index contributed by atoms with van der Waals surface area (Å²) in [6.07, 6.45) is 4.14. The highest BCUT2D eigenvalue weighted by molar-refractivity contribution is 7.09. The summed E-state index contributed by atoms with van der Waals surface area (Å²) in [5.74, 6) is 0.859. The molecule has 2 atom stereocenters. The normalized spacial score (nSPS) is 23.7. The van der Waals surface area contributed by atoms with Gasteiger partial charge in [0.2, 0.25) is 0 Å². The number of aryl methyl sites for hydroxylation is 1. The zero-order valence-corrected chi connectivity index (χ0v) is 18.7. The third-order valence-electron chi connectivity index (χ3n) is 6.00. The summed E-state index contributed by atoms with van der Waals surface area (Å²) in [6.45, 7) is 7.21. The van der Waals surface area contributed by atoms with E-state index in [4.69, 9.17) is 9.47 Å². The maximum Gasteiger partial charge on any atom is 0.253 e.